The number of nitrogens with zero attached hydrogens (tertiary/aromatic N) is 1. The second kappa shape index (κ2) is 6.43. The van der Waals surface area contributed by atoms with Crippen LogP contribution in [0, 0.1) is 13.8 Å². The first-order valence-electron chi connectivity index (χ1n) is 6.43. The van der Waals surface area contributed by atoms with Crippen molar-refractivity contribution in [2.45, 2.75) is 25.3 Å². The molecular weight excluding hydrogens is 312 g/mol. The van der Waals surface area contributed by atoms with E-state index in [1.54, 1.807) is 19.1 Å². The maximum atomic E-state index is 12.5. The van der Waals surface area contributed by atoms with Crippen LogP contribution in [0.2, 0.25) is 0 Å². The minimum absolute atomic E-state index is 0.0769. The summed E-state index contributed by atoms with van der Waals surface area (Å²) in [6.45, 7) is 3.76. The lowest BCUT2D eigenvalue weighted by Gasteiger charge is -2.19. The largest absolute Gasteiger partial charge is 0.326 e. The van der Waals surface area contributed by atoms with E-state index in [1.165, 1.54) is 7.05 Å². The molecule has 0 spiro atoms. The van der Waals surface area contributed by atoms with Crippen LogP contribution in [0.15, 0.2) is 17.0 Å². The van der Waals surface area contributed by atoms with Gasteiger partial charge in [0.1, 0.15) is 9.84 Å². The van der Waals surface area contributed by atoms with Gasteiger partial charge in [-0.2, -0.15) is 4.31 Å². The van der Waals surface area contributed by atoms with Gasteiger partial charge in [0.15, 0.2) is 0 Å². The Balaban J connectivity index is 3.19. The van der Waals surface area contributed by atoms with Crippen molar-refractivity contribution in [3.05, 3.63) is 28.8 Å². The summed E-state index contributed by atoms with van der Waals surface area (Å²) in [6, 6.07) is 3.34. The Labute approximate surface area is 126 Å². The average molecular weight is 334 g/mol. The van der Waals surface area contributed by atoms with Crippen LogP contribution in [0.1, 0.15) is 16.7 Å². The number of benzene rings is 1. The lowest BCUT2D eigenvalue weighted by molar-refractivity contribution is 0.484. The maximum Gasteiger partial charge on any atom is 0.243 e. The van der Waals surface area contributed by atoms with Crippen molar-refractivity contribution >= 4 is 19.9 Å². The topological polar surface area (TPSA) is 97.5 Å². The minimum Gasteiger partial charge on any atom is -0.326 e. The molecule has 0 aromatic heterocycles. The van der Waals surface area contributed by atoms with Crippen LogP contribution in [0.3, 0.4) is 0 Å². The molecule has 0 aliphatic heterocycles. The average Bonchev–Trinajstić information content (AvgIpc) is 2.34. The summed E-state index contributed by atoms with van der Waals surface area (Å²) in [5.74, 6) is -0.211. The molecule has 0 saturated carbocycles. The summed E-state index contributed by atoms with van der Waals surface area (Å²) in [5, 5.41) is 0. The van der Waals surface area contributed by atoms with Gasteiger partial charge < -0.3 is 5.73 Å². The summed E-state index contributed by atoms with van der Waals surface area (Å²) in [6.07, 6.45) is 1.08. The molecule has 0 saturated heterocycles. The number of rotatable bonds is 6. The van der Waals surface area contributed by atoms with E-state index in [2.05, 4.69) is 0 Å². The van der Waals surface area contributed by atoms with Crippen molar-refractivity contribution in [1.29, 1.82) is 0 Å². The number of hydrogen-bond donors (Lipinski definition) is 1. The molecule has 0 bridgehead atoms. The Morgan fingerprint density at radius 1 is 1.10 bits per heavy atom. The Bertz CT molecular complexity index is 725. The molecule has 0 heterocycles. The zero-order valence-electron chi connectivity index (χ0n) is 12.8. The third kappa shape index (κ3) is 4.50. The van der Waals surface area contributed by atoms with Crippen LogP contribution in [-0.2, 0) is 26.4 Å². The SMILES string of the molecule is Cc1cc(C)c(S(=O)(=O)N(C)CCS(C)(=O)=O)cc1CN. The van der Waals surface area contributed by atoms with E-state index in [0.717, 1.165) is 21.7 Å². The highest BCUT2D eigenvalue weighted by Crippen LogP contribution is 2.23. The molecule has 2 N–H and O–H groups in total. The monoisotopic (exact) mass is 334 g/mol. The second-order valence-electron chi connectivity index (χ2n) is 5.20. The number of nitrogens with two attached hydrogens (primary N) is 1. The molecule has 1 rings (SSSR count). The standard InChI is InChI=1S/C13H22N2O4S2/c1-10-7-11(2)13(8-12(10)9-14)21(18,19)15(3)5-6-20(4,16)17/h7-8H,5-6,9,14H2,1-4H3. The minimum atomic E-state index is -3.73. The summed E-state index contributed by atoms with van der Waals surface area (Å²) < 4.78 is 48.5. The zero-order valence-corrected chi connectivity index (χ0v) is 14.4. The third-order valence-corrected chi connectivity index (χ3v) is 6.24. The van der Waals surface area contributed by atoms with E-state index in [0.29, 0.717) is 5.56 Å². The molecule has 0 atom stereocenters. The van der Waals surface area contributed by atoms with Gasteiger partial charge in [-0.05, 0) is 36.6 Å². The van der Waals surface area contributed by atoms with Gasteiger partial charge in [-0.1, -0.05) is 6.07 Å². The van der Waals surface area contributed by atoms with Crippen molar-refractivity contribution in [1.82, 2.24) is 4.31 Å². The van der Waals surface area contributed by atoms with Gasteiger partial charge in [-0.25, -0.2) is 16.8 Å². The van der Waals surface area contributed by atoms with Crippen LogP contribution in [-0.4, -0.2) is 46.7 Å². The first-order valence-corrected chi connectivity index (χ1v) is 9.93. The first kappa shape index (κ1) is 18.1. The van der Waals surface area contributed by atoms with Crippen LogP contribution < -0.4 is 5.73 Å². The predicted molar refractivity (Wildman–Crippen MR) is 83.3 cm³/mol. The summed E-state index contributed by atoms with van der Waals surface area (Å²) >= 11 is 0. The van der Waals surface area contributed by atoms with E-state index < -0.39 is 19.9 Å². The molecule has 6 nitrogen and oxygen atoms in total. The van der Waals surface area contributed by atoms with Crippen molar-refractivity contribution in [2.75, 3.05) is 25.6 Å². The lowest BCUT2D eigenvalue weighted by atomic mass is 10.1. The highest BCUT2D eigenvalue weighted by molar-refractivity contribution is 7.91. The highest BCUT2D eigenvalue weighted by atomic mass is 32.2. The van der Waals surface area contributed by atoms with Crippen molar-refractivity contribution in [3.8, 4) is 0 Å². The number of sulfonamides is 1. The van der Waals surface area contributed by atoms with Crippen LogP contribution in [0.4, 0.5) is 0 Å². The fraction of sp³-hybridized carbons (Fsp3) is 0.538. The zero-order chi connectivity index (χ0) is 16.4. The molecule has 1 aromatic rings. The third-order valence-electron chi connectivity index (χ3n) is 3.32. The van der Waals surface area contributed by atoms with Crippen LogP contribution in [0.5, 0.6) is 0 Å². The summed E-state index contributed by atoms with van der Waals surface area (Å²) in [4.78, 5) is 0.171. The molecule has 21 heavy (non-hydrogen) atoms. The maximum absolute atomic E-state index is 12.5. The van der Waals surface area contributed by atoms with E-state index in [-0.39, 0.29) is 23.7 Å². The van der Waals surface area contributed by atoms with E-state index in [4.69, 9.17) is 5.73 Å². The second-order valence-corrected chi connectivity index (χ2v) is 9.48. The van der Waals surface area contributed by atoms with Gasteiger partial charge in [-0.15, -0.1) is 0 Å². The lowest BCUT2D eigenvalue weighted by Crippen LogP contribution is -2.32. The number of aryl methyl sites for hydroxylation is 2. The molecule has 0 aliphatic rings. The molecule has 120 valence electrons. The Hall–Kier alpha value is -0.960. The smallest absolute Gasteiger partial charge is 0.243 e. The Morgan fingerprint density at radius 2 is 1.67 bits per heavy atom. The number of hydrogen-bond acceptors (Lipinski definition) is 5. The quantitative estimate of drug-likeness (QED) is 0.813. The highest BCUT2D eigenvalue weighted by Gasteiger charge is 2.24. The van der Waals surface area contributed by atoms with Gasteiger partial charge in [0.05, 0.1) is 10.6 Å². The van der Waals surface area contributed by atoms with E-state index in [1.807, 2.05) is 6.92 Å². The van der Waals surface area contributed by atoms with Crippen molar-refractivity contribution in [3.63, 3.8) is 0 Å². The molecule has 8 heteroatoms. The summed E-state index contributed by atoms with van der Waals surface area (Å²) in [5.41, 5.74) is 7.94. The van der Waals surface area contributed by atoms with Gasteiger partial charge >= 0.3 is 0 Å². The molecular formula is C13H22N2O4S2. The van der Waals surface area contributed by atoms with Crippen LogP contribution >= 0.6 is 0 Å². The Morgan fingerprint density at radius 3 is 2.14 bits per heavy atom. The fourth-order valence-electron chi connectivity index (χ4n) is 1.95. The van der Waals surface area contributed by atoms with Crippen molar-refractivity contribution < 1.29 is 16.8 Å². The van der Waals surface area contributed by atoms with Crippen LogP contribution in [0.25, 0.3) is 0 Å². The normalized spacial score (nSPS) is 12.9. The molecule has 0 radical (unpaired) electrons. The predicted octanol–water partition coefficient (Wildman–Crippen LogP) is 0.427. The fourth-order valence-corrected chi connectivity index (χ4v) is 4.10. The van der Waals surface area contributed by atoms with E-state index >= 15 is 0 Å². The van der Waals surface area contributed by atoms with Gasteiger partial charge in [0.2, 0.25) is 10.0 Å². The molecule has 0 fully saturated rings. The molecule has 0 unspecified atom stereocenters. The van der Waals surface area contributed by atoms with Gasteiger partial charge in [-0.3, -0.25) is 0 Å². The number of sulfone groups is 1. The molecule has 0 aliphatic carbocycles. The first-order chi connectivity index (χ1) is 9.49. The van der Waals surface area contributed by atoms with E-state index in [9.17, 15) is 16.8 Å². The van der Waals surface area contributed by atoms with Gasteiger partial charge in [0.25, 0.3) is 0 Å². The summed E-state index contributed by atoms with van der Waals surface area (Å²) in [7, 11) is -5.57. The van der Waals surface area contributed by atoms with Gasteiger partial charge in [0, 0.05) is 26.4 Å². The Kier molecular flexibility index (Phi) is 5.54. The molecule has 1 aromatic carbocycles. The van der Waals surface area contributed by atoms with Crippen molar-refractivity contribution in [2.24, 2.45) is 5.73 Å². The molecule has 0 amide bonds.